The van der Waals surface area contributed by atoms with Crippen LogP contribution < -0.4 is 0 Å². The molecule has 0 spiro atoms. The lowest BCUT2D eigenvalue weighted by Crippen LogP contribution is -2.49. The van der Waals surface area contributed by atoms with E-state index in [2.05, 4.69) is 0 Å². The molecule has 1 saturated heterocycles. The van der Waals surface area contributed by atoms with Crippen molar-refractivity contribution in [3.63, 3.8) is 0 Å². The van der Waals surface area contributed by atoms with Gasteiger partial charge in [0.05, 0.1) is 6.54 Å². The average Bonchev–Trinajstić information content (AvgIpc) is 2.82. The molecule has 0 aromatic heterocycles. The van der Waals surface area contributed by atoms with Gasteiger partial charge in [-0.2, -0.15) is 0 Å². The molecule has 8 heteroatoms. The molecule has 1 aliphatic rings. The zero-order chi connectivity index (χ0) is 24.2. The summed E-state index contributed by atoms with van der Waals surface area (Å²) in [6.07, 6.45) is 0.631. The van der Waals surface area contributed by atoms with Crippen molar-refractivity contribution in [3.8, 4) is 0 Å². The standard InChI is InChI=1S/C26H22Cl3NO3S/c1-17(30-14-15-34(32)24(26(30)31)16-18-2-8-21(27)9-3-18)33-25(19-4-10-22(28)11-5-19)20-6-12-23(29)13-7-20/h2-13,16-17,25H,14-15H2,1H3. The second-order valence-corrected chi connectivity index (χ2v) is 10.7. The largest absolute Gasteiger partial charge is 0.611 e. The maximum atomic E-state index is 13.3. The molecule has 0 aliphatic carbocycles. The van der Waals surface area contributed by atoms with Crippen LogP contribution in [0, 0.1) is 0 Å². The summed E-state index contributed by atoms with van der Waals surface area (Å²) in [6, 6.07) is 21.8. The quantitative estimate of drug-likeness (QED) is 0.260. The molecule has 1 amide bonds. The molecule has 3 aromatic rings. The molecule has 0 radical (unpaired) electrons. The van der Waals surface area contributed by atoms with Crippen LogP contribution in [-0.2, 0) is 20.7 Å². The van der Waals surface area contributed by atoms with Gasteiger partial charge in [-0.25, -0.2) is 0 Å². The third-order valence-corrected chi connectivity index (χ3v) is 7.61. The summed E-state index contributed by atoms with van der Waals surface area (Å²) in [7, 11) is 0. The van der Waals surface area contributed by atoms with Crippen molar-refractivity contribution in [2.24, 2.45) is 0 Å². The molecule has 4 nitrogen and oxygen atoms in total. The Balaban J connectivity index is 1.59. The normalized spacial score (nSPS) is 18.5. The maximum Gasteiger partial charge on any atom is 0.304 e. The zero-order valence-corrected chi connectivity index (χ0v) is 21.4. The first-order valence-electron chi connectivity index (χ1n) is 10.6. The Hall–Kier alpha value is -1.99. The number of amides is 1. The Morgan fingerprint density at radius 2 is 1.35 bits per heavy atom. The highest BCUT2D eigenvalue weighted by atomic mass is 35.5. The van der Waals surface area contributed by atoms with Gasteiger partial charge >= 0.3 is 5.91 Å². The van der Waals surface area contributed by atoms with E-state index in [1.54, 1.807) is 59.5 Å². The van der Waals surface area contributed by atoms with Crippen LogP contribution >= 0.6 is 34.8 Å². The van der Waals surface area contributed by atoms with Gasteiger partial charge in [0.1, 0.15) is 18.1 Å². The van der Waals surface area contributed by atoms with Gasteiger partial charge in [-0.3, -0.25) is 4.79 Å². The van der Waals surface area contributed by atoms with E-state index in [1.807, 2.05) is 31.2 Å². The van der Waals surface area contributed by atoms with Crippen molar-refractivity contribution in [3.05, 3.63) is 109 Å². The number of benzene rings is 3. The molecule has 176 valence electrons. The van der Waals surface area contributed by atoms with Gasteiger partial charge in [-0.05, 0) is 71.2 Å². The summed E-state index contributed by atoms with van der Waals surface area (Å²) in [5, 5.41) is 1.84. The maximum absolute atomic E-state index is 13.3. The minimum absolute atomic E-state index is 0.249. The molecule has 2 unspecified atom stereocenters. The fraction of sp³-hybridized carbons (Fsp3) is 0.192. The Bertz CT molecular complexity index is 1120. The Morgan fingerprint density at radius 1 is 0.882 bits per heavy atom. The molecule has 0 saturated carbocycles. The van der Waals surface area contributed by atoms with Gasteiger partial charge in [0.15, 0.2) is 0 Å². The number of hydrogen-bond acceptors (Lipinski definition) is 3. The number of halogens is 3. The predicted molar refractivity (Wildman–Crippen MR) is 139 cm³/mol. The predicted octanol–water partition coefficient (Wildman–Crippen LogP) is 6.73. The second-order valence-electron chi connectivity index (χ2n) is 7.83. The van der Waals surface area contributed by atoms with Gasteiger partial charge in [0.25, 0.3) is 0 Å². The van der Waals surface area contributed by atoms with Gasteiger partial charge in [0, 0.05) is 21.1 Å². The molecular formula is C26H22Cl3NO3S. The first kappa shape index (κ1) is 25.1. The molecule has 34 heavy (non-hydrogen) atoms. The van der Waals surface area contributed by atoms with Crippen molar-refractivity contribution in [1.82, 2.24) is 4.90 Å². The topological polar surface area (TPSA) is 52.6 Å². The van der Waals surface area contributed by atoms with E-state index < -0.39 is 23.5 Å². The van der Waals surface area contributed by atoms with Gasteiger partial charge < -0.3 is 14.2 Å². The van der Waals surface area contributed by atoms with Gasteiger partial charge in [-0.15, -0.1) is 0 Å². The SMILES string of the molecule is CC(OC(c1ccc(Cl)cc1)c1ccc(Cl)cc1)N1CC[S+]([O-])C(=Cc2ccc(Cl)cc2)C1=O. The summed E-state index contributed by atoms with van der Waals surface area (Å²) < 4.78 is 19.1. The molecule has 2 atom stereocenters. The Morgan fingerprint density at radius 3 is 1.85 bits per heavy atom. The van der Waals surface area contributed by atoms with Crippen LogP contribution in [0.5, 0.6) is 0 Å². The smallest absolute Gasteiger partial charge is 0.304 e. The van der Waals surface area contributed by atoms with Crippen molar-refractivity contribution >= 4 is 58.0 Å². The summed E-state index contributed by atoms with van der Waals surface area (Å²) >= 11 is 16.7. The molecule has 1 aliphatic heterocycles. The Kier molecular flexibility index (Phi) is 8.25. The fourth-order valence-electron chi connectivity index (χ4n) is 3.71. The summed E-state index contributed by atoms with van der Waals surface area (Å²) in [5.41, 5.74) is 2.55. The highest BCUT2D eigenvalue weighted by molar-refractivity contribution is 7.96. The number of ether oxygens (including phenoxy) is 1. The monoisotopic (exact) mass is 533 g/mol. The third-order valence-electron chi connectivity index (χ3n) is 5.52. The lowest BCUT2D eigenvalue weighted by molar-refractivity contribution is -0.143. The number of hydrogen-bond donors (Lipinski definition) is 0. The number of nitrogens with zero attached hydrogens (tertiary/aromatic N) is 1. The van der Waals surface area contributed by atoms with Crippen LogP contribution in [-0.4, -0.2) is 33.9 Å². The van der Waals surface area contributed by atoms with E-state index >= 15 is 0 Å². The van der Waals surface area contributed by atoms with Crippen LogP contribution in [0.15, 0.2) is 77.7 Å². The molecule has 4 rings (SSSR count). The Labute approximate surface area is 217 Å². The summed E-state index contributed by atoms with van der Waals surface area (Å²) in [4.78, 5) is 15.2. The van der Waals surface area contributed by atoms with E-state index in [1.165, 1.54) is 0 Å². The lowest BCUT2D eigenvalue weighted by Gasteiger charge is -2.35. The van der Waals surface area contributed by atoms with Crippen LogP contribution in [0.1, 0.15) is 29.7 Å². The minimum Gasteiger partial charge on any atom is -0.611 e. The van der Waals surface area contributed by atoms with E-state index in [9.17, 15) is 9.35 Å². The summed E-state index contributed by atoms with van der Waals surface area (Å²) in [5.74, 6) is 0.0313. The molecule has 3 aromatic carbocycles. The van der Waals surface area contributed by atoms with E-state index in [-0.39, 0.29) is 10.8 Å². The minimum atomic E-state index is -1.39. The first-order valence-corrected chi connectivity index (χ1v) is 13.1. The van der Waals surface area contributed by atoms with Crippen molar-refractivity contribution in [2.45, 2.75) is 19.3 Å². The lowest BCUT2D eigenvalue weighted by atomic mass is 10.0. The molecule has 0 bridgehead atoms. The van der Waals surface area contributed by atoms with Crippen molar-refractivity contribution in [1.29, 1.82) is 0 Å². The zero-order valence-electron chi connectivity index (χ0n) is 18.3. The molecule has 1 fully saturated rings. The van der Waals surface area contributed by atoms with Crippen LogP contribution in [0.3, 0.4) is 0 Å². The highest BCUT2D eigenvalue weighted by Gasteiger charge is 2.37. The molecular weight excluding hydrogens is 513 g/mol. The van der Waals surface area contributed by atoms with Crippen LogP contribution in [0.4, 0.5) is 0 Å². The summed E-state index contributed by atoms with van der Waals surface area (Å²) in [6.45, 7) is 2.16. The van der Waals surface area contributed by atoms with Crippen molar-refractivity contribution < 1.29 is 14.1 Å². The van der Waals surface area contributed by atoms with E-state index in [0.717, 1.165) is 16.7 Å². The van der Waals surface area contributed by atoms with Crippen molar-refractivity contribution in [2.75, 3.05) is 12.3 Å². The average molecular weight is 535 g/mol. The number of carbonyl (C=O) groups is 1. The fourth-order valence-corrected chi connectivity index (χ4v) is 5.25. The van der Waals surface area contributed by atoms with Gasteiger partial charge in [0.2, 0.25) is 4.91 Å². The van der Waals surface area contributed by atoms with Crippen LogP contribution in [0.25, 0.3) is 6.08 Å². The molecule has 0 N–H and O–H groups in total. The van der Waals surface area contributed by atoms with E-state index in [0.29, 0.717) is 27.4 Å². The van der Waals surface area contributed by atoms with E-state index in [4.69, 9.17) is 39.5 Å². The second kappa shape index (κ2) is 11.2. The number of rotatable bonds is 6. The van der Waals surface area contributed by atoms with Crippen LogP contribution in [0.2, 0.25) is 15.1 Å². The number of carbonyl (C=O) groups excluding carboxylic acids is 1. The van der Waals surface area contributed by atoms with Gasteiger partial charge in [-0.1, -0.05) is 71.2 Å². The first-order chi connectivity index (χ1) is 16.3. The highest BCUT2D eigenvalue weighted by Crippen LogP contribution is 2.31. The molecule has 1 heterocycles. The third kappa shape index (κ3) is 5.98.